The minimum atomic E-state index is -1.23. The first-order chi connectivity index (χ1) is 8.52. The minimum Gasteiger partial charge on any atom is -0.394 e. The summed E-state index contributed by atoms with van der Waals surface area (Å²) in [6, 6.07) is 0. The Labute approximate surface area is 102 Å². The van der Waals surface area contributed by atoms with Crippen LogP contribution in [0.25, 0.3) is 0 Å². The van der Waals surface area contributed by atoms with Gasteiger partial charge in [0.05, 0.1) is 13.0 Å². The molecule has 0 aliphatic carbocycles. The Hall–Kier alpha value is -1.55. The number of hydrogen-bond donors (Lipinski definition) is 4. The van der Waals surface area contributed by atoms with E-state index in [2.05, 4.69) is 10.1 Å². The van der Waals surface area contributed by atoms with Gasteiger partial charge in [0.25, 0.3) is 0 Å². The van der Waals surface area contributed by atoms with Crippen molar-refractivity contribution >= 4 is 5.91 Å². The molecule has 1 aliphatic heterocycles. The van der Waals surface area contributed by atoms with E-state index >= 15 is 0 Å². The number of carbonyl (C=O) groups excluding carboxylic acids is 1. The van der Waals surface area contributed by atoms with Gasteiger partial charge < -0.3 is 25.8 Å². The second-order valence-electron chi connectivity index (χ2n) is 4.01. The van der Waals surface area contributed by atoms with Gasteiger partial charge >= 0.3 is 0 Å². The van der Waals surface area contributed by atoms with E-state index in [1.165, 1.54) is 11.0 Å². The van der Waals surface area contributed by atoms with Crippen LogP contribution in [0.3, 0.4) is 0 Å². The highest BCUT2D eigenvalue weighted by molar-refractivity contribution is 5.75. The zero-order chi connectivity index (χ0) is 13.3. The molecule has 1 amide bonds. The van der Waals surface area contributed by atoms with Gasteiger partial charge in [-0.3, -0.25) is 4.79 Å². The molecule has 0 bridgehead atoms. The van der Waals surface area contributed by atoms with Gasteiger partial charge in [-0.1, -0.05) is 0 Å². The number of amides is 1. The summed E-state index contributed by atoms with van der Waals surface area (Å²) in [4.78, 5) is 14.5. The van der Waals surface area contributed by atoms with E-state index in [-0.39, 0.29) is 12.2 Å². The third-order valence-electron chi connectivity index (χ3n) is 2.67. The minimum absolute atomic E-state index is 0.123. The number of carbonyl (C=O) groups is 1. The van der Waals surface area contributed by atoms with E-state index in [4.69, 9.17) is 15.6 Å². The number of aliphatic hydroxyl groups is 3. The number of aromatic nitrogens is 3. The number of ether oxygens (including phenoxy) is 1. The third-order valence-corrected chi connectivity index (χ3v) is 2.67. The van der Waals surface area contributed by atoms with Crippen molar-refractivity contribution in [3.63, 3.8) is 0 Å². The van der Waals surface area contributed by atoms with Crippen molar-refractivity contribution in [2.24, 2.45) is 5.73 Å². The maximum atomic E-state index is 10.7. The average Bonchev–Trinajstić information content (AvgIpc) is 2.86. The molecule has 5 N–H and O–H groups in total. The molecule has 0 radical (unpaired) electrons. The van der Waals surface area contributed by atoms with Crippen LogP contribution < -0.4 is 5.73 Å². The highest BCUT2D eigenvalue weighted by atomic mass is 16.6. The van der Waals surface area contributed by atoms with Crippen LogP contribution in [0.2, 0.25) is 0 Å². The lowest BCUT2D eigenvalue weighted by Crippen LogP contribution is -2.33. The molecule has 2 rings (SSSR count). The second-order valence-corrected chi connectivity index (χ2v) is 4.01. The molecular formula is C9H14N4O5. The maximum Gasteiger partial charge on any atom is 0.225 e. The Bertz CT molecular complexity index is 436. The van der Waals surface area contributed by atoms with Crippen LogP contribution in [-0.4, -0.2) is 60.9 Å². The van der Waals surface area contributed by atoms with Gasteiger partial charge in [0.2, 0.25) is 5.91 Å². The van der Waals surface area contributed by atoms with Crippen LogP contribution in [-0.2, 0) is 16.0 Å². The Morgan fingerprint density at radius 3 is 2.78 bits per heavy atom. The molecule has 9 heteroatoms. The Balaban J connectivity index is 2.12. The monoisotopic (exact) mass is 258 g/mol. The van der Waals surface area contributed by atoms with Gasteiger partial charge in [-0.15, -0.1) is 0 Å². The maximum absolute atomic E-state index is 10.7. The first-order valence-corrected chi connectivity index (χ1v) is 5.33. The molecule has 1 saturated heterocycles. The normalized spacial score (nSPS) is 31.7. The average molecular weight is 258 g/mol. The molecule has 0 aromatic carbocycles. The summed E-state index contributed by atoms with van der Waals surface area (Å²) in [5.41, 5.74) is 5.00. The van der Waals surface area contributed by atoms with Gasteiger partial charge in [-0.05, 0) is 0 Å². The predicted molar refractivity (Wildman–Crippen MR) is 55.9 cm³/mol. The fourth-order valence-electron chi connectivity index (χ4n) is 1.77. The van der Waals surface area contributed by atoms with E-state index in [0.29, 0.717) is 0 Å². The fourth-order valence-corrected chi connectivity index (χ4v) is 1.77. The van der Waals surface area contributed by atoms with Gasteiger partial charge in [-0.2, -0.15) is 5.10 Å². The zero-order valence-corrected chi connectivity index (χ0v) is 9.38. The molecule has 2 heterocycles. The molecule has 4 atom stereocenters. The van der Waals surface area contributed by atoms with Crippen molar-refractivity contribution in [2.75, 3.05) is 6.61 Å². The lowest BCUT2D eigenvalue weighted by Gasteiger charge is -2.13. The van der Waals surface area contributed by atoms with Gasteiger partial charge in [-0.25, -0.2) is 9.67 Å². The lowest BCUT2D eigenvalue weighted by molar-refractivity contribution is -0.117. The van der Waals surface area contributed by atoms with E-state index in [1.807, 2.05) is 0 Å². The number of aliphatic hydroxyl groups excluding tert-OH is 3. The first kappa shape index (κ1) is 12.9. The molecular weight excluding hydrogens is 244 g/mol. The van der Waals surface area contributed by atoms with Gasteiger partial charge in [0, 0.05) is 0 Å². The van der Waals surface area contributed by atoms with E-state index < -0.39 is 37.1 Å². The molecule has 1 aliphatic rings. The Morgan fingerprint density at radius 2 is 2.22 bits per heavy atom. The highest BCUT2D eigenvalue weighted by Crippen LogP contribution is 2.28. The van der Waals surface area contributed by atoms with Crippen LogP contribution >= 0.6 is 0 Å². The fraction of sp³-hybridized carbons (Fsp3) is 0.667. The molecule has 18 heavy (non-hydrogen) atoms. The molecule has 0 spiro atoms. The van der Waals surface area contributed by atoms with Gasteiger partial charge in [0.15, 0.2) is 12.1 Å². The number of nitrogens with zero attached hydrogens (tertiary/aromatic N) is 3. The van der Waals surface area contributed by atoms with Crippen molar-refractivity contribution in [2.45, 2.75) is 31.0 Å². The molecule has 1 aromatic rings. The van der Waals surface area contributed by atoms with Crippen LogP contribution in [0.15, 0.2) is 6.33 Å². The summed E-state index contributed by atoms with van der Waals surface area (Å²) in [7, 11) is 0. The lowest BCUT2D eigenvalue weighted by atomic mass is 10.1. The summed E-state index contributed by atoms with van der Waals surface area (Å²) < 4.78 is 6.42. The highest BCUT2D eigenvalue weighted by Gasteiger charge is 2.43. The van der Waals surface area contributed by atoms with Gasteiger partial charge in [0.1, 0.15) is 24.6 Å². The smallest absolute Gasteiger partial charge is 0.225 e. The van der Waals surface area contributed by atoms with Crippen molar-refractivity contribution < 1.29 is 24.9 Å². The third kappa shape index (κ3) is 2.34. The van der Waals surface area contributed by atoms with Crippen molar-refractivity contribution in [1.29, 1.82) is 0 Å². The molecule has 1 fully saturated rings. The second kappa shape index (κ2) is 4.98. The molecule has 100 valence electrons. The van der Waals surface area contributed by atoms with Crippen molar-refractivity contribution in [3.8, 4) is 0 Å². The predicted octanol–water partition coefficient (Wildman–Crippen LogP) is -3.08. The summed E-state index contributed by atoms with van der Waals surface area (Å²) in [6.45, 7) is -0.419. The topological polar surface area (TPSA) is 144 Å². The van der Waals surface area contributed by atoms with Crippen LogP contribution in [0, 0.1) is 0 Å². The summed E-state index contributed by atoms with van der Waals surface area (Å²) in [5.74, 6) is -0.380. The van der Waals surface area contributed by atoms with Crippen molar-refractivity contribution in [3.05, 3.63) is 12.2 Å². The first-order valence-electron chi connectivity index (χ1n) is 5.33. The largest absolute Gasteiger partial charge is 0.394 e. The Kier molecular flexibility index (Phi) is 3.57. The van der Waals surface area contributed by atoms with Crippen LogP contribution in [0.4, 0.5) is 0 Å². The zero-order valence-electron chi connectivity index (χ0n) is 9.38. The molecule has 0 unspecified atom stereocenters. The Morgan fingerprint density at radius 1 is 1.50 bits per heavy atom. The van der Waals surface area contributed by atoms with Crippen LogP contribution in [0.1, 0.15) is 12.1 Å². The molecule has 0 saturated carbocycles. The standard InChI is InChI=1S/C9H14N4O5/c10-5(15)1-6-11-3-13(12-6)9-8(17)7(16)4(2-14)18-9/h3-4,7-9,14,16-17H,1-2H2,(H2,10,15)/t4-,7-,8-,9-/m0/s1. The van der Waals surface area contributed by atoms with Crippen LogP contribution in [0.5, 0.6) is 0 Å². The number of rotatable bonds is 4. The molecule has 9 nitrogen and oxygen atoms in total. The van der Waals surface area contributed by atoms with E-state index in [1.54, 1.807) is 0 Å². The van der Waals surface area contributed by atoms with E-state index in [0.717, 1.165) is 0 Å². The van der Waals surface area contributed by atoms with E-state index in [9.17, 15) is 15.0 Å². The number of primary amides is 1. The summed E-state index contributed by atoms with van der Waals surface area (Å²) in [5, 5.41) is 32.2. The quantitative estimate of drug-likeness (QED) is 0.448. The molecule has 1 aromatic heterocycles. The van der Waals surface area contributed by atoms with Crippen molar-refractivity contribution in [1.82, 2.24) is 14.8 Å². The summed E-state index contributed by atoms with van der Waals surface area (Å²) >= 11 is 0. The summed E-state index contributed by atoms with van der Waals surface area (Å²) in [6.07, 6.45) is -3.13. The number of nitrogens with two attached hydrogens (primary N) is 1. The SMILES string of the molecule is NC(=O)Cc1ncn([C@H]2O[C@@H](CO)[C@H](O)[C@@H]2O)n1. The number of hydrogen-bond acceptors (Lipinski definition) is 7.